The molecule has 0 atom stereocenters. The monoisotopic (exact) mass is 536 g/mol. The number of alkyl halides is 2. The fourth-order valence-corrected chi connectivity index (χ4v) is 5.17. The molecule has 0 aliphatic heterocycles. The molecule has 0 unspecified atom stereocenters. The summed E-state index contributed by atoms with van der Waals surface area (Å²) in [5.41, 5.74) is -1.62. The van der Waals surface area contributed by atoms with Crippen molar-refractivity contribution < 1.29 is 40.6 Å². The number of halogens is 6. The van der Waals surface area contributed by atoms with Crippen molar-refractivity contribution in [1.82, 2.24) is 0 Å². The van der Waals surface area contributed by atoms with Crippen LogP contribution < -0.4 is 9.47 Å². The second kappa shape index (κ2) is 12.9. The van der Waals surface area contributed by atoms with Crippen molar-refractivity contribution in [3.8, 4) is 11.5 Å². The predicted molar refractivity (Wildman–Crippen MR) is 127 cm³/mol. The van der Waals surface area contributed by atoms with Gasteiger partial charge < -0.3 is 14.2 Å². The Hall–Kier alpha value is -2.07. The lowest BCUT2D eigenvalue weighted by molar-refractivity contribution is -0.189. The first-order valence-electron chi connectivity index (χ1n) is 12.0. The van der Waals surface area contributed by atoms with Gasteiger partial charge in [0.2, 0.25) is 11.6 Å². The molecular formula is C26H30F6O3S. The Morgan fingerprint density at radius 1 is 0.861 bits per heavy atom. The van der Waals surface area contributed by atoms with Crippen LogP contribution in [0.1, 0.15) is 57.1 Å². The molecule has 36 heavy (non-hydrogen) atoms. The molecule has 0 saturated heterocycles. The maximum atomic E-state index is 14.6. The van der Waals surface area contributed by atoms with Gasteiger partial charge in [0.1, 0.15) is 5.56 Å². The summed E-state index contributed by atoms with van der Waals surface area (Å²) in [6.07, 6.45) is 0.223. The van der Waals surface area contributed by atoms with Crippen LogP contribution in [0.15, 0.2) is 24.3 Å². The van der Waals surface area contributed by atoms with Crippen molar-refractivity contribution in [1.29, 1.82) is 0 Å². The summed E-state index contributed by atoms with van der Waals surface area (Å²) in [6.45, 7) is 3.42. The second-order valence-corrected chi connectivity index (χ2v) is 9.82. The lowest BCUT2D eigenvalue weighted by Gasteiger charge is -2.28. The average molecular weight is 537 g/mol. The van der Waals surface area contributed by atoms with E-state index in [2.05, 4.69) is 11.7 Å². The van der Waals surface area contributed by atoms with Gasteiger partial charge in [0.05, 0.1) is 19.3 Å². The third-order valence-electron chi connectivity index (χ3n) is 6.00. The van der Waals surface area contributed by atoms with Gasteiger partial charge in [-0.15, -0.1) is 0 Å². The Bertz CT molecular complexity index is 1010. The van der Waals surface area contributed by atoms with Crippen LogP contribution in [0.5, 0.6) is 11.5 Å². The van der Waals surface area contributed by atoms with Crippen LogP contribution >= 0.6 is 11.8 Å². The van der Waals surface area contributed by atoms with Crippen molar-refractivity contribution >= 4 is 11.8 Å². The molecule has 0 radical (unpaired) electrons. The number of benzene rings is 2. The highest BCUT2D eigenvalue weighted by Crippen LogP contribution is 2.38. The fraction of sp³-hybridized carbons (Fsp3) is 0.538. The molecule has 3 nitrogen and oxygen atoms in total. The third-order valence-corrected chi connectivity index (χ3v) is 7.40. The number of ether oxygens (including phenoxy) is 3. The molecule has 1 aliphatic rings. The van der Waals surface area contributed by atoms with E-state index in [1.807, 2.05) is 11.8 Å². The smallest absolute Gasteiger partial charge is 0.429 e. The first-order chi connectivity index (χ1) is 17.2. The Morgan fingerprint density at radius 3 is 2.19 bits per heavy atom. The molecule has 0 aromatic heterocycles. The van der Waals surface area contributed by atoms with Gasteiger partial charge in [0, 0.05) is 5.56 Å². The summed E-state index contributed by atoms with van der Waals surface area (Å²) in [4.78, 5) is 0. The van der Waals surface area contributed by atoms with Crippen LogP contribution in [-0.4, -0.2) is 24.2 Å². The highest BCUT2D eigenvalue weighted by Gasteiger charge is 2.40. The molecule has 0 amide bonds. The van der Waals surface area contributed by atoms with Gasteiger partial charge in [-0.1, -0.05) is 6.92 Å². The maximum Gasteiger partial charge on any atom is 0.429 e. The van der Waals surface area contributed by atoms with Crippen LogP contribution in [0.25, 0.3) is 0 Å². The van der Waals surface area contributed by atoms with Gasteiger partial charge in [-0.2, -0.15) is 29.3 Å². The predicted octanol–water partition coefficient (Wildman–Crippen LogP) is 7.99. The van der Waals surface area contributed by atoms with E-state index in [0.29, 0.717) is 12.0 Å². The lowest BCUT2D eigenvalue weighted by Crippen LogP contribution is -2.25. The molecule has 1 aliphatic carbocycles. The van der Waals surface area contributed by atoms with Gasteiger partial charge >= 0.3 is 6.11 Å². The summed E-state index contributed by atoms with van der Waals surface area (Å²) in [6, 6.07) is 3.27. The number of thioether (sulfide) groups is 1. The van der Waals surface area contributed by atoms with E-state index < -0.39 is 46.4 Å². The summed E-state index contributed by atoms with van der Waals surface area (Å²) in [5, 5.41) is 0. The molecule has 1 fully saturated rings. The van der Waals surface area contributed by atoms with Crippen molar-refractivity contribution in [3.63, 3.8) is 0 Å². The number of hydrogen-bond acceptors (Lipinski definition) is 4. The van der Waals surface area contributed by atoms with E-state index >= 15 is 0 Å². The first-order valence-corrected chi connectivity index (χ1v) is 13.2. The third kappa shape index (κ3) is 7.03. The summed E-state index contributed by atoms with van der Waals surface area (Å²) >= 11 is 1.94. The van der Waals surface area contributed by atoms with Crippen LogP contribution in [0, 0.1) is 29.2 Å². The van der Waals surface area contributed by atoms with Crippen LogP contribution in [-0.2, 0) is 17.5 Å². The largest absolute Gasteiger partial charge is 0.491 e. The standard InChI is InChI=1S/C26H30F6O3S/c1-3-13-36-15-16-5-8-18(9-6-16)34-14-17-7-11-21(25(30)22(17)27)35-26(31,32)19-10-12-20(33-4-2)24(29)23(19)28/h7,10-12,16,18H,3-6,8-9,13-15H2,1-2H3. The fourth-order valence-electron chi connectivity index (χ4n) is 4.05. The highest BCUT2D eigenvalue weighted by molar-refractivity contribution is 7.99. The summed E-state index contributed by atoms with van der Waals surface area (Å²) < 4.78 is 101. The molecule has 0 spiro atoms. The molecular weight excluding hydrogens is 506 g/mol. The molecule has 200 valence electrons. The minimum atomic E-state index is -4.48. The van der Waals surface area contributed by atoms with E-state index in [0.717, 1.165) is 61.8 Å². The second-order valence-electron chi connectivity index (χ2n) is 8.67. The van der Waals surface area contributed by atoms with Crippen LogP contribution in [0.4, 0.5) is 26.3 Å². The van der Waals surface area contributed by atoms with Gasteiger partial charge in [-0.3, -0.25) is 0 Å². The zero-order chi connectivity index (χ0) is 26.3. The van der Waals surface area contributed by atoms with Crippen molar-refractivity contribution in [2.75, 3.05) is 18.1 Å². The molecule has 0 N–H and O–H groups in total. The Morgan fingerprint density at radius 2 is 1.53 bits per heavy atom. The molecule has 10 heteroatoms. The maximum absolute atomic E-state index is 14.6. The van der Waals surface area contributed by atoms with Crippen molar-refractivity contribution in [2.45, 2.75) is 64.8 Å². The Balaban J connectivity index is 1.62. The van der Waals surface area contributed by atoms with E-state index in [4.69, 9.17) is 9.47 Å². The average Bonchev–Trinajstić information content (AvgIpc) is 2.85. The van der Waals surface area contributed by atoms with Crippen molar-refractivity contribution in [2.24, 2.45) is 5.92 Å². The van der Waals surface area contributed by atoms with E-state index in [-0.39, 0.29) is 24.9 Å². The molecule has 1 saturated carbocycles. The highest BCUT2D eigenvalue weighted by atomic mass is 32.2. The number of rotatable bonds is 12. The van der Waals surface area contributed by atoms with Crippen LogP contribution in [0.3, 0.4) is 0 Å². The summed E-state index contributed by atoms with van der Waals surface area (Å²) in [5.74, 6) is -5.42. The van der Waals surface area contributed by atoms with E-state index in [9.17, 15) is 26.3 Å². The molecule has 0 bridgehead atoms. The Kier molecular flexibility index (Phi) is 10.2. The lowest BCUT2D eigenvalue weighted by atomic mass is 9.89. The van der Waals surface area contributed by atoms with Gasteiger partial charge in [0.25, 0.3) is 0 Å². The molecule has 3 rings (SSSR count). The molecule has 2 aromatic rings. The zero-order valence-corrected chi connectivity index (χ0v) is 21.0. The zero-order valence-electron chi connectivity index (χ0n) is 20.2. The van der Waals surface area contributed by atoms with Gasteiger partial charge in [-0.05, 0) is 80.7 Å². The van der Waals surface area contributed by atoms with E-state index in [1.54, 1.807) is 0 Å². The molecule has 0 heterocycles. The minimum Gasteiger partial charge on any atom is -0.491 e. The van der Waals surface area contributed by atoms with Crippen LogP contribution in [0.2, 0.25) is 0 Å². The van der Waals surface area contributed by atoms with Crippen molar-refractivity contribution in [3.05, 3.63) is 58.7 Å². The quantitative estimate of drug-likeness (QED) is 0.203. The SMILES string of the molecule is CCCSCC1CCC(OCc2ccc(OC(F)(F)c3ccc(OCC)c(F)c3F)c(F)c2F)CC1. The van der Waals surface area contributed by atoms with Gasteiger partial charge in [-0.25, -0.2) is 8.78 Å². The Labute approximate surface area is 211 Å². The normalized spacial score (nSPS) is 18.3. The first kappa shape index (κ1) is 28.5. The van der Waals surface area contributed by atoms with E-state index in [1.165, 1.54) is 6.92 Å². The topological polar surface area (TPSA) is 27.7 Å². The van der Waals surface area contributed by atoms with Gasteiger partial charge in [0.15, 0.2) is 23.1 Å². The number of hydrogen-bond donors (Lipinski definition) is 0. The minimum absolute atomic E-state index is 0.0113. The summed E-state index contributed by atoms with van der Waals surface area (Å²) in [7, 11) is 0. The molecule has 2 aromatic carbocycles.